The zero-order valence-electron chi connectivity index (χ0n) is 12.3. The van der Waals surface area contributed by atoms with Gasteiger partial charge in [-0.25, -0.2) is 0 Å². The number of anilines is 1. The van der Waals surface area contributed by atoms with E-state index in [-0.39, 0.29) is 5.91 Å². The normalized spacial score (nSPS) is 10.3. The second-order valence-corrected chi connectivity index (χ2v) is 4.81. The molecule has 0 aliphatic rings. The molecule has 0 aromatic heterocycles. The van der Waals surface area contributed by atoms with Gasteiger partial charge in [0.2, 0.25) is 5.91 Å². The molecule has 0 aliphatic carbocycles. The topological polar surface area (TPSA) is 38.3 Å². The fraction of sp³-hybridized carbons (Fsp3) is 0.562. The summed E-state index contributed by atoms with van der Waals surface area (Å²) in [4.78, 5) is 11.7. The van der Waals surface area contributed by atoms with Gasteiger partial charge in [0.15, 0.2) is 0 Å². The van der Waals surface area contributed by atoms with Crippen molar-refractivity contribution in [3.63, 3.8) is 0 Å². The van der Waals surface area contributed by atoms with Gasteiger partial charge in [0.25, 0.3) is 0 Å². The molecule has 0 heterocycles. The number of ether oxygens (including phenoxy) is 1. The van der Waals surface area contributed by atoms with Crippen LogP contribution in [0, 0.1) is 6.92 Å². The molecule has 0 aliphatic heterocycles. The van der Waals surface area contributed by atoms with Crippen LogP contribution in [0.2, 0.25) is 0 Å². The van der Waals surface area contributed by atoms with Crippen molar-refractivity contribution in [1.29, 1.82) is 0 Å². The fourth-order valence-electron chi connectivity index (χ4n) is 1.91. The molecule has 0 radical (unpaired) electrons. The third-order valence-corrected chi connectivity index (χ3v) is 2.96. The van der Waals surface area contributed by atoms with Crippen LogP contribution in [0.25, 0.3) is 0 Å². The second-order valence-electron chi connectivity index (χ2n) is 4.81. The summed E-state index contributed by atoms with van der Waals surface area (Å²) in [5, 5.41) is 2.93. The molecule has 0 saturated carbocycles. The molecule has 0 fully saturated rings. The standard InChI is InChI=1S/C16H25NO2/c1-4-6-7-12-19-16-13(3)10-8-11-14(16)17-15(18)9-5-2/h8,10-11H,4-7,9,12H2,1-3H3,(H,17,18). The van der Waals surface area contributed by atoms with Gasteiger partial charge < -0.3 is 10.1 Å². The molecule has 0 unspecified atom stereocenters. The first-order chi connectivity index (χ1) is 9.19. The number of para-hydroxylation sites is 1. The Kier molecular flexibility index (Phi) is 7.01. The first-order valence-corrected chi connectivity index (χ1v) is 7.21. The Morgan fingerprint density at radius 3 is 2.68 bits per heavy atom. The van der Waals surface area contributed by atoms with Crippen molar-refractivity contribution >= 4 is 11.6 Å². The quantitative estimate of drug-likeness (QED) is 0.710. The predicted molar refractivity (Wildman–Crippen MR) is 79.7 cm³/mol. The van der Waals surface area contributed by atoms with Crippen molar-refractivity contribution in [3.05, 3.63) is 23.8 Å². The molecule has 0 atom stereocenters. The number of aryl methyl sites for hydroxylation is 1. The average molecular weight is 263 g/mol. The van der Waals surface area contributed by atoms with Crippen molar-refractivity contribution in [1.82, 2.24) is 0 Å². The number of nitrogens with one attached hydrogen (secondary N) is 1. The molecule has 1 aromatic carbocycles. The van der Waals surface area contributed by atoms with Crippen LogP contribution in [-0.2, 0) is 4.79 Å². The monoisotopic (exact) mass is 263 g/mol. The van der Waals surface area contributed by atoms with Gasteiger partial charge in [-0.2, -0.15) is 0 Å². The zero-order chi connectivity index (χ0) is 14.1. The van der Waals surface area contributed by atoms with E-state index in [9.17, 15) is 4.79 Å². The lowest BCUT2D eigenvalue weighted by atomic mass is 10.2. The van der Waals surface area contributed by atoms with E-state index < -0.39 is 0 Å². The number of carbonyl (C=O) groups is 1. The largest absolute Gasteiger partial charge is 0.491 e. The number of benzene rings is 1. The second kappa shape index (κ2) is 8.57. The van der Waals surface area contributed by atoms with Crippen molar-refractivity contribution in [2.75, 3.05) is 11.9 Å². The summed E-state index contributed by atoms with van der Waals surface area (Å²) in [5.74, 6) is 0.856. The summed E-state index contributed by atoms with van der Waals surface area (Å²) in [5.41, 5.74) is 1.85. The van der Waals surface area contributed by atoms with Crippen LogP contribution < -0.4 is 10.1 Å². The Morgan fingerprint density at radius 2 is 2.00 bits per heavy atom. The number of hydrogen-bond acceptors (Lipinski definition) is 2. The van der Waals surface area contributed by atoms with Gasteiger partial charge in [0, 0.05) is 6.42 Å². The van der Waals surface area contributed by atoms with Crippen molar-refractivity contribution in [3.8, 4) is 5.75 Å². The van der Waals surface area contributed by atoms with Crippen molar-refractivity contribution < 1.29 is 9.53 Å². The lowest BCUT2D eigenvalue weighted by Crippen LogP contribution is -2.12. The summed E-state index contributed by atoms with van der Waals surface area (Å²) < 4.78 is 5.83. The van der Waals surface area contributed by atoms with Crippen LogP contribution >= 0.6 is 0 Å². The van der Waals surface area contributed by atoms with E-state index in [1.54, 1.807) is 0 Å². The number of hydrogen-bond donors (Lipinski definition) is 1. The minimum Gasteiger partial charge on any atom is -0.491 e. The Morgan fingerprint density at radius 1 is 1.21 bits per heavy atom. The fourth-order valence-corrected chi connectivity index (χ4v) is 1.91. The maximum Gasteiger partial charge on any atom is 0.224 e. The molecule has 1 rings (SSSR count). The zero-order valence-corrected chi connectivity index (χ0v) is 12.3. The SMILES string of the molecule is CCCCCOc1c(C)cccc1NC(=O)CCC. The van der Waals surface area contributed by atoms with E-state index in [0.717, 1.165) is 29.8 Å². The Bertz CT molecular complexity index is 402. The minimum absolute atomic E-state index is 0.0477. The summed E-state index contributed by atoms with van der Waals surface area (Å²) in [6.45, 7) is 6.88. The average Bonchev–Trinajstić information content (AvgIpc) is 2.37. The molecule has 1 N–H and O–H groups in total. The van der Waals surface area contributed by atoms with Crippen LogP contribution in [0.1, 0.15) is 51.5 Å². The molecule has 0 spiro atoms. The lowest BCUT2D eigenvalue weighted by Gasteiger charge is -2.14. The smallest absolute Gasteiger partial charge is 0.224 e. The highest BCUT2D eigenvalue weighted by Crippen LogP contribution is 2.28. The molecule has 3 heteroatoms. The minimum atomic E-state index is 0.0477. The van der Waals surface area contributed by atoms with Gasteiger partial charge in [-0.15, -0.1) is 0 Å². The molecule has 0 saturated heterocycles. The van der Waals surface area contributed by atoms with Gasteiger partial charge in [-0.1, -0.05) is 38.8 Å². The number of rotatable bonds is 8. The van der Waals surface area contributed by atoms with E-state index in [1.165, 1.54) is 12.8 Å². The highest BCUT2D eigenvalue weighted by Gasteiger charge is 2.09. The summed E-state index contributed by atoms with van der Waals surface area (Å²) in [6.07, 6.45) is 4.79. The van der Waals surface area contributed by atoms with Gasteiger partial charge in [0.05, 0.1) is 12.3 Å². The molecular weight excluding hydrogens is 238 g/mol. The first-order valence-electron chi connectivity index (χ1n) is 7.21. The highest BCUT2D eigenvalue weighted by atomic mass is 16.5. The number of carbonyl (C=O) groups excluding carboxylic acids is 1. The number of unbranched alkanes of at least 4 members (excludes halogenated alkanes) is 2. The van der Waals surface area contributed by atoms with E-state index in [0.29, 0.717) is 13.0 Å². The maximum atomic E-state index is 11.7. The van der Waals surface area contributed by atoms with Gasteiger partial charge in [0.1, 0.15) is 5.75 Å². The molecule has 1 aromatic rings. The van der Waals surface area contributed by atoms with Crippen LogP contribution in [0.4, 0.5) is 5.69 Å². The van der Waals surface area contributed by atoms with Crippen LogP contribution in [0.5, 0.6) is 5.75 Å². The summed E-state index contributed by atoms with van der Waals surface area (Å²) >= 11 is 0. The molecule has 19 heavy (non-hydrogen) atoms. The number of amides is 1. The Hall–Kier alpha value is -1.51. The maximum absolute atomic E-state index is 11.7. The van der Waals surface area contributed by atoms with E-state index in [1.807, 2.05) is 32.0 Å². The lowest BCUT2D eigenvalue weighted by molar-refractivity contribution is -0.116. The van der Waals surface area contributed by atoms with Crippen molar-refractivity contribution in [2.24, 2.45) is 0 Å². The third kappa shape index (κ3) is 5.33. The van der Waals surface area contributed by atoms with Crippen LogP contribution in [-0.4, -0.2) is 12.5 Å². The van der Waals surface area contributed by atoms with Crippen LogP contribution in [0.15, 0.2) is 18.2 Å². The Labute approximate surface area is 116 Å². The summed E-state index contributed by atoms with van der Waals surface area (Å²) in [6, 6.07) is 5.84. The van der Waals surface area contributed by atoms with E-state index >= 15 is 0 Å². The molecule has 106 valence electrons. The predicted octanol–water partition coefficient (Wildman–Crippen LogP) is 4.30. The molecule has 0 bridgehead atoms. The van der Waals surface area contributed by atoms with Gasteiger partial charge >= 0.3 is 0 Å². The van der Waals surface area contributed by atoms with E-state index in [4.69, 9.17) is 4.74 Å². The highest BCUT2D eigenvalue weighted by molar-refractivity contribution is 5.92. The van der Waals surface area contributed by atoms with Gasteiger partial charge in [-0.3, -0.25) is 4.79 Å². The van der Waals surface area contributed by atoms with Crippen molar-refractivity contribution in [2.45, 2.75) is 52.9 Å². The van der Waals surface area contributed by atoms with E-state index in [2.05, 4.69) is 12.2 Å². The Balaban J connectivity index is 2.68. The summed E-state index contributed by atoms with van der Waals surface area (Å²) in [7, 11) is 0. The van der Waals surface area contributed by atoms with Crippen LogP contribution in [0.3, 0.4) is 0 Å². The molecular formula is C16H25NO2. The molecule has 1 amide bonds. The van der Waals surface area contributed by atoms with Gasteiger partial charge in [-0.05, 0) is 31.4 Å². The third-order valence-electron chi connectivity index (χ3n) is 2.96. The molecule has 3 nitrogen and oxygen atoms in total. The first kappa shape index (κ1) is 15.5.